The summed E-state index contributed by atoms with van der Waals surface area (Å²) in [5, 5.41) is 7.40. The highest BCUT2D eigenvalue weighted by molar-refractivity contribution is 7.13. The zero-order chi connectivity index (χ0) is 27.6. The van der Waals surface area contributed by atoms with Crippen LogP contribution in [-0.2, 0) is 12.6 Å². The van der Waals surface area contributed by atoms with Gasteiger partial charge in [0.15, 0.2) is 10.9 Å². The Bertz CT molecular complexity index is 1650. The second-order valence-corrected chi connectivity index (χ2v) is 11.5. The van der Waals surface area contributed by atoms with E-state index in [1.807, 2.05) is 6.08 Å². The Morgan fingerprint density at radius 1 is 1.12 bits per heavy atom. The summed E-state index contributed by atoms with van der Waals surface area (Å²) in [5.41, 5.74) is 1.87. The van der Waals surface area contributed by atoms with E-state index >= 15 is 0 Å². The van der Waals surface area contributed by atoms with Crippen LogP contribution in [-0.4, -0.2) is 38.6 Å². The Morgan fingerprint density at radius 2 is 1.93 bits per heavy atom. The standard InChI is InChI=1S/C29H23F4N5OS/c30-21-3-5-22(6-4-21)38-25-12-19-8-10-37(27-36-24(15-40-27)17-1-2-17)16-28(19,13-18(25)14-35-38)26(39)23-11-20(7-9-34-23)29(31,32)33/h3-7,9,11-12,14-15,17H,1-2,8,10,13,16H2/t28-/m0/s1. The van der Waals surface area contributed by atoms with Crippen molar-refractivity contribution >= 4 is 28.3 Å². The predicted octanol–water partition coefficient (Wildman–Crippen LogP) is 6.48. The number of Topliss-reactive ketones (excluding diaryl/α,β-unsaturated/α-hetero) is 1. The van der Waals surface area contributed by atoms with Crippen molar-refractivity contribution in [3.8, 4) is 5.69 Å². The Labute approximate surface area is 231 Å². The van der Waals surface area contributed by atoms with Gasteiger partial charge in [-0.3, -0.25) is 9.78 Å². The highest BCUT2D eigenvalue weighted by atomic mass is 32.1. The third-order valence-corrected chi connectivity index (χ3v) is 8.94. The van der Waals surface area contributed by atoms with E-state index in [1.54, 1.807) is 23.0 Å². The maximum absolute atomic E-state index is 14.3. The number of alkyl halides is 3. The second kappa shape index (κ2) is 9.09. The molecule has 40 heavy (non-hydrogen) atoms. The number of benzene rings is 1. The van der Waals surface area contributed by atoms with Gasteiger partial charge in [0.05, 0.1) is 34.3 Å². The zero-order valence-electron chi connectivity index (χ0n) is 21.2. The van der Waals surface area contributed by atoms with E-state index in [9.17, 15) is 22.4 Å². The monoisotopic (exact) mass is 565 g/mol. The molecule has 1 saturated carbocycles. The Morgan fingerprint density at radius 3 is 2.67 bits per heavy atom. The van der Waals surface area contributed by atoms with Gasteiger partial charge < -0.3 is 4.90 Å². The molecule has 1 aromatic carbocycles. The van der Waals surface area contributed by atoms with Crippen molar-refractivity contribution in [3.05, 3.63) is 93.8 Å². The van der Waals surface area contributed by atoms with Crippen LogP contribution in [0.3, 0.4) is 0 Å². The number of thiazole rings is 1. The molecule has 6 nitrogen and oxygen atoms in total. The molecule has 11 heteroatoms. The first-order valence-corrected chi connectivity index (χ1v) is 13.9. The molecule has 1 atom stereocenters. The van der Waals surface area contributed by atoms with Crippen molar-refractivity contribution in [1.82, 2.24) is 19.7 Å². The normalized spacial score (nSPS) is 20.6. The van der Waals surface area contributed by atoms with Crippen LogP contribution in [0.4, 0.5) is 22.7 Å². The Hall–Kier alpha value is -3.86. The molecule has 3 aromatic heterocycles. The van der Waals surface area contributed by atoms with Crippen molar-refractivity contribution in [2.24, 2.45) is 5.41 Å². The molecule has 0 bridgehead atoms. The van der Waals surface area contributed by atoms with E-state index in [-0.39, 0.29) is 24.5 Å². The van der Waals surface area contributed by atoms with E-state index in [0.717, 1.165) is 58.8 Å². The van der Waals surface area contributed by atoms with E-state index < -0.39 is 22.9 Å². The molecule has 7 rings (SSSR count). The van der Waals surface area contributed by atoms with E-state index in [2.05, 4.69) is 20.4 Å². The molecule has 0 spiro atoms. The van der Waals surface area contributed by atoms with Gasteiger partial charge in [0.25, 0.3) is 0 Å². The fourth-order valence-corrected chi connectivity index (χ4v) is 6.70. The molecule has 2 aliphatic carbocycles. The SMILES string of the molecule is O=C(c1cc(C(F)(F)F)ccn1)[C@]12Cc3cnn(-c4ccc(F)cc4)c3C=C1CCN(c1nc(C3CC3)cs1)C2. The predicted molar refractivity (Wildman–Crippen MR) is 142 cm³/mol. The lowest BCUT2D eigenvalue weighted by Gasteiger charge is -2.45. The summed E-state index contributed by atoms with van der Waals surface area (Å²) in [6, 6.07) is 7.69. The number of carbonyl (C=O) groups excluding carboxylic acids is 1. The zero-order valence-corrected chi connectivity index (χ0v) is 22.0. The topological polar surface area (TPSA) is 63.9 Å². The number of nitrogens with zero attached hydrogens (tertiary/aromatic N) is 5. The lowest BCUT2D eigenvalue weighted by atomic mass is 9.65. The number of pyridine rings is 1. The number of anilines is 1. The molecular formula is C29H23F4N5OS. The summed E-state index contributed by atoms with van der Waals surface area (Å²) in [6.45, 7) is 0.892. The largest absolute Gasteiger partial charge is 0.416 e. The van der Waals surface area contributed by atoms with Crippen LogP contribution in [0, 0.1) is 11.2 Å². The van der Waals surface area contributed by atoms with Crippen molar-refractivity contribution in [2.45, 2.75) is 37.8 Å². The van der Waals surface area contributed by atoms with Gasteiger partial charge in [0.2, 0.25) is 0 Å². The van der Waals surface area contributed by atoms with Crippen LogP contribution in [0.25, 0.3) is 11.8 Å². The first kappa shape index (κ1) is 25.1. The maximum Gasteiger partial charge on any atom is 0.416 e. The first-order valence-electron chi connectivity index (χ1n) is 13.0. The molecule has 4 heterocycles. The average molecular weight is 566 g/mol. The third kappa shape index (κ3) is 4.23. The van der Waals surface area contributed by atoms with E-state index in [1.165, 1.54) is 23.5 Å². The second-order valence-electron chi connectivity index (χ2n) is 10.6. The maximum atomic E-state index is 14.3. The van der Waals surface area contributed by atoms with Crippen LogP contribution in [0.2, 0.25) is 0 Å². The number of carbonyl (C=O) groups is 1. The van der Waals surface area contributed by atoms with Gasteiger partial charge in [-0.25, -0.2) is 14.1 Å². The molecule has 2 fully saturated rings. The fourth-order valence-electron chi connectivity index (χ4n) is 5.77. The van der Waals surface area contributed by atoms with E-state index in [0.29, 0.717) is 24.6 Å². The van der Waals surface area contributed by atoms with Crippen molar-refractivity contribution in [2.75, 3.05) is 18.0 Å². The summed E-state index contributed by atoms with van der Waals surface area (Å²) < 4.78 is 55.9. The quantitative estimate of drug-likeness (QED) is 0.205. The Kier molecular flexibility index (Phi) is 5.71. The van der Waals surface area contributed by atoms with E-state index in [4.69, 9.17) is 4.98 Å². The third-order valence-electron chi connectivity index (χ3n) is 8.02. The van der Waals surface area contributed by atoms with Crippen molar-refractivity contribution in [1.29, 1.82) is 0 Å². The number of halogens is 4. The van der Waals surface area contributed by atoms with Gasteiger partial charge in [0.1, 0.15) is 11.5 Å². The van der Waals surface area contributed by atoms with Crippen LogP contribution < -0.4 is 4.90 Å². The van der Waals surface area contributed by atoms with Crippen molar-refractivity contribution < 1.29 is 22.4 Å². The summed E-state index contributed by atoms with van der Waals surface area (Å²) in [7, 11) is 0. The van der Waals surface area contributed by atoms with Gasteiger partial charge in [0, 0.05) is 30.6 Å². The average Bonchev–Trinajstić information content (AvgIpc) is 3.54. The van der Waals surface area contributed by atoms with Crippen LogP contribution in [0.15, 0.2) is 59.7 Å². The molecule has 0 N–H and O–H groups in total. The van der Waals surface area contributed by atoms with Gasteiger partial charge in [-0.15, -0.1) is 11.3 Å². The minimum absolute atomic E-state index is 0.213. The molecule has 0 amide bonds. The highest BCUT2D eigenvalue weighted by Crippen LogP contribution is 2.48. The number of piperidine rings is 1. The molecule has 1 aliphatic heterocycles. The van der Waals surface area contributed by atoms with Gasteiger partial charge >= 0.3 is 6.18 Å². The van der Waals surface area contributed by atoms with Crippen LogP contribution in [0.5, 0.6) is 0 Å². The molecule has 4 aromatic rings. The first-order chi connectivity index (χ1) is 19.2. The van der Waals surface area contributed by atoms with Crippen LogP contribution in [0.1, 0.15) is 58.2 Å². The summed E-state index contributed by atoms with van der Waals surface area (Å²) in [6.07, 6.45) is 3.08. The molecule has 3 aliphatic rings. The van der Waals surface area contributed by atoms with Crippen molar-refractivity contribution in [3.63, 3.8) is 0 Å². The lowest BCUT2D eigenvalue weighted by molar-refractivity contribution is -0.137. The molecule has 0 radical (unpaired) electrons. The number of rotatable bonds is 5. The fraction of sp³-hybridized carbons (Fsp3) is 0.310. The number of ketones is 1. The number of fused-ring (bicyclic) bond motifs is 2. The summed E-state index contributed by atoms with van der Waals surface area (Å²) >= 11 is 1.54. The molecule has 0 unspecified atom stereocenters. The molecule has 1 saturated heterocycles. The number of aromatic nitrogens is 4. The van der Waals surface area contributed by atoms with Gasteiger partial charge in [-0.05, 0) is 73.7 Å². The van der Waals surface area contributed by atoms with Gasteiger partial charge in [-0.1, -0.05) is 5.57 Å². The number of hydrogen-bond acceptors (Lipinski definition) is 6. The highest BCUT2D eigenvalue weighted by Gasteiger charge is 2.50. The van der Waals surface area contributed by atoms with Crippen LogP contribution >= 0.6 is 11.3 Å². The minimum Gasteiger partial charge on any atom is -0.346 e. The Balaban J connectivity index is 1.31. The molecular weight excluding hydrogens is 542 g/mol. The summed E-state index contributed by atoms with van der Waals surface area (Å²) in [4.78, 5) is 25.3. The summed E-state index contributed by atoms with van der Waals surface area (Å²) in [5.74, 6) is -0.320. The number of hydrogen-bond donors (Lipinski definition) is 0. The van der Waals surface area contributed by atoms with Gasteiger partial charge in [-0.2, -0.15) is 18.3 Å². The smallest absolute Gasteiger partial charge is 0.346 e. The lowest BCUT2D eigenvalue weighted by Crippen LogP contribution is -2.52. The minimum atomic E-state index is -4.59. The molecule has 204 valence electrons.